The van der Waals surface area contributed by atoms with Crippen molar-refractivity contribution in [1.29, 1.82) is 0 Å². The van der Waals surface area contributed by atoms with Gasteiger partial charge in [0.15, 0.2) is 0 Å². The highest BCUT2D eigenvalue weighted by atomic mass is 35.5. The second-order valence-corrected chi connectivity index (χ2v) is 5.01. The van der Waals surface area contributed by atoms with Crippen LogP contribution in [0.5, 0.6) is 0 Å². The maximum absolute atomic E-state index is 11.8. The number of likely N-dealkylation sites (tertiary alicyclic amines) is 1. The second kappa shape index (κ2) is 5.59. The average molecular weight is 284 g/mol. The molecule has 2 N–H and O–H groups in total. The van der Waals surface area contributed by atoms with Crippen molar-refractivity contribution in [2.24, 2.45) is 0 Å². The van der Waals surface area contributed by atoms with E-state index in [9.17, 15) is 14.7 Å². The van der Waals surface area contributed by atoms with Crippen molar-refractivity contribution in [3.8, 4) is 0 Å². The van der Waals surface area contributed by atoms with Gasteiger partial charge in [0.1, 0.15) is 0 Å². The molecule has 2 rings (SSSR count). The number of carbonyl (C=O) groups is 2. The number of amides is 1. The monoisotopic (exact) mass is 283 g/mol. The number of carboxylic acid groups (broad SMARTS) is 1. The molecule has 2 atom stereocenters. The Labute approximate surface area is 115 Å². The van der Waals surface area contributed by atoms with Gasteiger partial charge < -0.3 is 15.1 Å². The first-order chi connectivity index (χ1) is 8.97. The zero-order chi connectivity index (χ0) is 14.0. The van der Waals surface area contributed by atoms with Crippen LogP contribution >= 0.6 is 11.6 Å². The molecule has 1 aromatic carbocycles. The highest BCUT2D eigenvalue weighted by Gasteiger charge is 2.35. The lowest BCUT2D eigenvalue weighted by Gasteiger charge is -2.27. The van der Waals surface area contributed by atoms with Gasteiger partial charge in [-0.05, 0) is 17.7 Å². The van der Waals surface area contributed by atoms with Crippen molar-refractivity contribution in [3.05, 3.63) is 34.9 Å². The summed E-state index contributed by atoms with van der Waals surface area (Å²) < 4.78 is 0. The number of carbonyl (C=O) groups excluding carboxylic acids is 1. The van der Waals surface area contributed by atoms with Crippen LogP contribution in [0.1, 0.15) is 24.4 Å². The van der Waals surface area contributed by atoms with E-state index in [4.69, 9.17) is 16.7 Å². The van der Waals surface area contributed by atoms with Gasteiger partial charge in [-0.2, -0.15) is 0 Å². The van der Waals surface area contributed by atoms with Crippen LogP contribution in [-0.4, -0.2) is 39.6 Å². The maximum Gasteiger partial charge on any atom is 0.305 e. The Hall–Kier alpha value is -1.59. The normalized spacial score (nSPS) is 20.6. The SMILES string of the molecule is O=C(O)CC(c1ccc(Cl)cc1)N1CC(O)CC1=O. The molecule has 0 aliphatic carbocycles. The summed E-state index contributed by atoms with van der Waals surface area (Å²) >= 11 is 5.80. The van der Waals surface area contributed by atoms with E-state index in [1.165, 1.54) is 4.90 Å². The van der Waals surface area contributed by atoms with Crippen LogP contribution in [0.3, 0.4) is 0 Å². The van der Waals surface area contributed by atoms with Crippen molar-refractivity contribution >= 4 is 23.5 Å². The maximum atomic E-state index is 11.8. The summed E-state index contributed by atoms with van der Waals surface area (Å²) in [5, 5.41) is 19.0. The minimum Gasteiger partial charge on any atom is -0.481 e. The Morgan fingerprint density at radius 3 is 2.53 bits per heavy atom. The van der Waals surface area contributed by atoms with Gasteiger partial charge in [-0.15, -0.1) is 0 Å². The van der Waals surface area contributed by atoms with Crippen LogP contribution in [0.4, 0.5) is 0 Å². The molecule has 6 heteroatoms. The van der Waals surface area contributed by atoms with E-state index in [0.717, 1.165) is 0 Å². The second-order valence-electron chi connectivity index (χ2n) is 4.57. The number of aliphatic hydroxyl groups excluding tert-OH is 1. The number of hydrogen-bond donors (Lipinski definition) is 2. The molecule has 0 spiro atoms. The summed E-state index contributed by atoms with van der Waals surface area (Å²) in [4.78, 5) is 24.2. The van der Waals surface area contributed by atoms with E-state index >= 15 is 0 Å². The molecule has 1 fully saturated rings. The molecule has 1 amide bonds. The van der Waals surface area contributed by atoms with Gasteiger partial charge in [0.25, 0.3) is 0 Å². The Morgan fingerprint density at radius 2 is 2.05 bits per heavy atom. The summed E-state index contributed by atoms with van der Waals surface area (Å²) in [7, 11) is 0. The van der Waals surface area contributed by atoms with Gasteiger partial charge in [0.05, 0.1) is 25.0 Å². The number of halogens is 1. The van der Waals surface area contributed by atoms with Crippen LogP contribution in [0.25, 0.3) is 0 Å². The molecule has 1 heterocycles. The number of nitrogens with zero attached hydrogens (tertiary/aromatic N) is 1. The first kappa shape index (κ1) is 13.8. The third-order valence-corrected chi connectivity index (χ3v) is 3.39. The minimum absolute atomic E-state index is 0.0453. The number of hydrogen-bond acceptors (Lipinski definition) is 3. The first-order valence-corrected chi connectivity index (χ1v) is 6.30. The zero-order valence-corrected chi connectivity index (χ0v) is 10.9. The van der Waals surface area contributed by atoms with Crippen molar-refractivity contribution < 1.29 is 19.8 Å². The van der Waals surface area contributed by atoms with Gasteiger partial charge in [0.2, 0.25) is 5.91 Å². The fourth-order valence-corrected chi connectivity index (χ4v) is 2.40. The van der Waals surface area contributed by atoms with Gasteiger partial charge in [-0.25, -0.2) is 0 Å². The average Bonchev–Trinajstić information content (AvgIpc) is 2.66. The number of aliphatic carboxylic acids is 1. The zero-order valence-electron chi connectivity index (χ0n) is 10.1. The predicted octanol–water partition coefficient (Wildman–Crippen LogP) is 1.45. The van der Waals surface area contributed by atoms with Gasteiger partial charge in [-0.3, -0.25) is 9.59 Å². The summed E-state index contributed by atoms with van der Waals surface area (Å²) in [6, 6.07) is 6.15. The number of rotatable bonds is 4. The van der Waals surface area contributed by atoms with Gasteiger partial charge in [0, 0.05) is 11.6 Å². The van der Waals surface area contributed by atoms with Gasteiger partial charge in [-0.1, -0.05) is 23.7 Å². The van der Waals surface area contributed by atoms with E-state index < -0.39 is 18.1 Å². The van der Waals surface area contributed by atoms with E-state index in [1.807, 2.05) is 0 Å². The summed E-state index contributed by atoms with van der Waals surface area (Å²) in [6.45, 7) is 0.166. The highest BCUT2D eigenvalue weighted by molar-refractivity contribution is 6.30. The highest BCUT2D eigenvalue weighted by Crippen LogP contribution is 2.29. The minimum atomic E-state index is -0.992. The molecule has 1 aromatic rings. The molecule has 102 valence electrons. The Balaban J connectivity index is 2.28. The number of benzene rings is 1. The van der Waals surface area contributed by atoms with Crippen molar-refractivity contribution in [1.82, 2.24) is 4.90 Å². The van der Waals surface area contributed by atoms with Crippen molar-refractivity contribution in [2.75, 3.05) is 6.54 Å². The molecule has 0 radical (unpaired) electrons. The Bertz CT molecular complexity index is 488. The molecule has 0 aromatic heterocycles. The van der Waals surface area contributed by atoms with Crippen LogP contribution < -0.4 is 0 Å². The lowest BCUT2D eigenvalue weighted by atomic mass is 10.0. The van der Waals surface area contributed by atoms with Crippen LogP contribution in [0.15, 0.2) is 24.3 Å². The predicted molar refractivity (Wildman–Crippen MR) is 68.8 cm³/mol. The topological polar surface area (TPSA) is 77.8 Å². The molecule has 1 aliphatic rings. The Kier molecular flexibility index (Phi) is 4.07. The van der Waals surface area contributed by atoms with Crippen LogP contribution in [0.2, 0.25) is 5.02 Å². The first-order valence-electron chi connectivity index (χ1n) is 5.92. The fraction of sp³-hybridized carbons (Fsp3) is 0.385. The summed E-state index contributed by atoms with van der Waals surface area (Å²) in [5.74, 6) is -1.22. The lowest BCUT2D eigenvalue weighted by molar-refractivity contribution is -0.139. The summed E-state index contributed by atoms with van der Waals surface area (Å²) in [5.41, 5.74) is 0.703. The molecule has 1 saturated heterocycles. The standard InChI is InChI=1S/C13H14ClNO4/c14-9-3-1-8(2-4-9)11(6-13(18)19)15-7-10(16)5-12(15)17/h1-4,10-11,16H,5-7H2,(H,18,19). The van der Waals surface area contributed by atoms with E-state index in [2.05, 4.69) is 0 Å². The molecule has 0 saturated carbocycles. The fourth-order valence-electron chi connectivity index (χ4n) is 2.27. The van der Waals surface area contributed by atoms with E-state index in [0.29, 0.717) is 10.6 Å². The van der Waals surface area contributed by atoms with E-state index in [-0.39, 0.29) is 25.3 Å². The molecule has 5 nitrogen and oxygen atoms in total. The molecule has 0 bridgehead atoms. The number of carboxylic acids is 1. The molecule has 1 aliphatic heterocycles. The third kappa shape index (κ3) is 3.24. The lowest BCUT2D eigenvalue weighted by Crippen LogP contribution is -2.32. The van der Waals surface area contributed by atoms with E-state index in [1.54, 1.807) is 24.3 Å². The Morgan fingerprint density at radius 1 is 1.42 bits per heavy atom. The van der Waals surface area contributed by atoms with Crippen molar-refractivity contribution in [2.45, 2.75) is 25.0 Å². The third-order valence-electron chi connectivity index (χ3n) is 3.14. The van der Waals surface area contributed by atoms with Crippen LogP contribution in [-0.2, 0) is 9.59 Å². The molecule has 19 heavy (non-hydrogen) atoms. The van der Waals surface area contributed by atoms with Gasteiger partial charge >= 0.3 is 5.97 Å². The van der Waals surface area contributed by atoms with Crippen LogP contribution in [0, 0.1) is 0 Å². The summed E-state index contributed by atoms with van der Waals surface area (Å²) in [6.07, 6.45) is -0.875. The smallest absolute Gasteiger partial charge is 0.305 e. The molecular formula is C13H14ClNO4. The molecular weight excluding hydrogens is 270 g/mol. The molecule has 2 unspecified atom stereocenters. The largest absolute Gasteiger partial charge is 0.481 e. The number of aliphatic hydroxyl groups is 1. The quantitative estimate of drug-likeness (QED) is 0.877. The van der Waals surface area contributed by atoms with Crippen molar-refractivity contribution in [3.63, 3.8) is 0 Å². The number of β-amino-alcohol motifs (C(OH)–C–C–N with tert-alkyl or cyclic N) is 1.